The molecule has 1 aromatic rings. The fourth-order valence-corrected chi connectivity index (χ4v) is 1.12. The van der Waals surface area contributed by atoms with Crippen LogP contribution >= 0.6 is 0 Å². The van der Waals surface area contributed by atoms with Crippen LogP contribution in [0.4, 0.5) is 5.82 Å². The predicted molar refractivity (Wildman–Crippen MR) is 60.9 cm³/mol. The Bertz CT molecular complexity index is 400. The lowest BCUT2D eigenvalue weighted by Gasteiger charge is -2.10. The number of carbonyl (C=O) groups excluding carboxylic acids is 2. The lowest BCUT2D eigenvalue weighted by molar-refractivity contribution is -0.145. The van der Waals surface area contributed by atoms with Crippen LogP contribution in [0, 0.1) is 0 Å². The number of amides is 1. The smallest absolute Gasteiger partial charge is 0.327 e. The normalized spacial score (nSPS) is 10.0. The minimum absolute atomic E-state index is 0.00659. The molecule has 0 aliphatic carbocycles. The van der Waals surface area contributed by atoms with Crippen LogP contribution < -0.4 is 5.73 Å². The summed E-state index contributed by atoms with van der Waals surface area (Å²) in [5.74, 6) is -0.179. The van der Waals surface area contributed by atoms with E-state index in [1.54, 1.807) is 26.4 Å². The van der Waals surface area contributed by atoms with E-state index in [-0.39, 0.29) is 25.5 Å². The highest BCUT2D eigenvalue weighted by Crippen LogP contribution is 1.97. The molecule has 1 amide bonds. The van der Waals surface area contributed by atoms with Crippen molar-refractivity contribution in [1.82, 2.24) is 14.7 Å². The SMILES string of the molecule is CN(C)C(=O)CCOC(=O)Cn1ccc(N)n1. The molecular weight excluding hydrogens is 224 g/mol. The molecule has 0 aliphatic rings. The Balaban J connectivity index is 2.24. The molecule has 7 heteroatoms. The first kappa shape index (κ1) is 13.0. The van der Waals surface area contributed by atoms with Crippen molar-refractivity contribution in [2.24, 2.45) is 0 Å². The van der Waals surface area contributed by atoms with Crippen molar-refractivity contribution < 1.29 is 14.3 Å². The molecular formula is C10H16N4O3. The Labute approximate surface area is 99.1 Å². The molecule has 0 saturated heterocycles. The summed E-state index contributed by atoms with van der Waals surface area (Å²) in [6, 6.07) is 1.59. The number of nitrogens with zero attached hydrogens (tertiary/aromatic N) is 3. The Morgan fingerprint density at radius 3 is 2.76 bits per heavy atom. The van der Waals surface area contributed by atoms with Gasteiger partial charge in [0.1, 0.15) is 19.0 Å². The Morgan fingerprint density at radius 2 is 2.24 bits per heavy atom. The van der Waals surface area contributed by atoms with Crippen LogP contribution in [-0.4, -0.2) is 47.3 Å². The largest absolute Gasteiger partial charge is 0.464 e. The Morgan fingerprint density at radius 1 is 1.53 bits per heavy atom. The molecule has 0 saturated carbocycles. The van der Waals surface area contributed by atoms with Crippen LogP contribution in [0.5, 0.6) is 0 Å². The van der Waals surface area contributed by atoms with Crippen molar-refractivity contribution >= 4 is 17.7 Å². The molecule has 2 N–H and O–H groups in total. The summed E-state index contributed by atoms with van der Waals surface area (Å²) in [6.07, 6.45) is 1.77. The van der Waals surface area contributed by atoms with Crippen LogP contribution in [-0.2, 0) is 20.9 Å². The highest BCUT2D eigenvalue weighted by Gasteiger charge is 2.08. The van der Waals surface area contributed by atoms with Crippen molar-refractivity contribution in [3.05, 3.63) is 12.3 Å². The van der Waals surface area contributed by atoms with Crippen molar-refractivity contribution in [3.8, 4) is 0 Å². The van der Waals surface area contributed by atoms with Gasteiger partial charge in [0.05, 0.1) is 6.42 Å². The number of aromatic nitrogens is 2. The van der Waals surface area contributed by atoms with Gasteiger partial charge in [0, 0.05) is 20.3 Å². The number of anilines is 1. The fraction of sp³-hybridized carbons (Fsp3) is 0.500. The van der Waals surface area contributed by atoms with Crippen molar-refractivity contribution in [3.63, 3.8) is 0 Å². The zero-order chi connectivity index (χ0) is 12.8. The molecule has 0 aromatic carbocycles. The highest BCUT2D eigenvalue weighted by molar-refractivity contribution is 5.76. The van der Waals surface area contributed by atoms with E-state index in [1.165, 1.54) is 9.58 Å². The van der Waals surface area contributed by atoms with E-state index in [9.17, 15) is 9.59 Å². The first-order valence-corrected chi connectivity index (χ1v) is 5.13. The molecule has 1 heterocycles. The quantitative estimate of drug-likeness (QED) is 0.700. The number of hydrogen-bond acceptors (Lipinski definition) is 5. The first-order chi connectivity index (χ1) is 7.99. The van der Waals surface area contributed by atoms with Gasteiger partial charge in [0.2, 0.25) is 5.91 Å². The number of carbonyl (C=O) groups is 2. The number of ether oxygens (including phenoxy) is 1. The van der Waals surface area contributed by atoms with Gasteiger partial charge in [-0.15, -0.1) is 0 Å². The van der Waals surface area contributed by atoms with Crippen molar-refractivity contribution in [2.45, 2.75) is 13.0 Å². The summed E-state index contributed by atoms with van der Waals surface area (Å²) in [6.45, 7) is 0.0694. The second-order valence-corrected chi connectivity index (χ2v) is 3.70. The van der Waals surface area contributed by atoms with E-state index < -0.39 is 5.97 Å². The van der Waals surface area contributed by atoms with Crippen LogP contribution in [0.15, 0.2) is 12.3 Å². The minimum atomic E-state index is -0.445. The van der Waals surface area contributed by atoms with Crippen LogP contribution in [0.25, 0.3) is 0 Å². The van der Waals surface area contributed by atoms with Gasteiger partial charge < -0.3 is 15.4 Å². The van der Waals surface area contributed by atoms with Gasteiger partial charge in [-0.2, -0.15) is 5.10 Å². The second kappa shape index (κ2) is 5.88. The van der Waals surface area contributed by atoms with Gasteiger partial charge >= 0.3 is 5.97 Å². The number of esters is 1. The van der Waals surface area contributed by atoms with Gasteiger partial charge in [-0.1, -0.05) is 0 Å². The Hall–Kier alpha value is -2.05. The molecule has 0 atom stereocenters. The first-order valence-electron chi connectivity index (χ1n) is 5.13. The lowest BCUT2D eigenvalue weighted by Crippen LogP contribution is -2.24. The number of nitrogens with two attached hydrogens (primary N) is 1. The molecule has 0 fully saturated rings. The summed E-state index contributed by atoms with van der Waals surface area (Å²) in [5, 5.41) is 3.84. The van der Waals surface area contributed by atoms with E-state index in [0.29, 0.717) is 5.82 Å². The van der Waals surface area contributed by atoms with Gasteiger partial charge in [-0.05, 0) is 6.07 Å². The molecule has 0 unspecified atom stereocenters. The van der Waals surface area contributed by atoms with Gasteiger partial charge in [-0.3, -0.25) is 14.3 Å². The summed E-state index contributed by atoms with van der Waals surface area (Å²) < 4.78 is 6.27. The van der Waals surface area contributed by atoms with E-state index in [2.05, 4.69) is 5.10 Å². The molecule has 0 radical (unpaired) electrons. The molecule has 17 heavy (non-hydrogen) atoms. The van der Waals surface area contributed by atoms with E-state index >= 15 is 0 Å². The average Bonchev–Trinajstić information content (AvgIpc) is 2.63. The van der Waals surface area contributed by atoms with E-state index in [4.69, 9.17) is 10.5 Å². The van der Waals surface area contributed by atoms with Crippen LogP contribution in [0.3, 0.4) is 0 Å². The molecule has 1 aromatic heterocycles. The maximum atomic E-state index is 11.3. The molecule has 0 aliphatic heterocycles. The average molecular weight is 240 g/mol. The summed E-state index contributed by atoms with van der Waals surface area (Å²) in [4.78, 5) is 24.0. The summed E-state index contributed by atoms with van der Waals surface area (Å²) >= 11 is 0. The summed E-state index contributed by atoms with van der Waals surface area (Å²) in [7, 11) is 3.30. The number of nitrogen functional groups attached to an aromatic ring is 1. The monoisotopic (exact) mass is 240 g/mol. The molecule has 0 spiro atoms. The third-order valence-electron chi connectivity index (χ3n) is 2.03. The van der Waals surface area contributed by atoms with Crippen molar-refractivity contribution in [1.29, 1.82) is 0 Å². The third-order valence-corrected chi connectivity index (χ3v) is 2.03. The number of rotatable bonds is 5. The Kier molecular flexibility index (Phi) is 4.50. The van der Waals surface area contributed by atoms with E-state index in [1.807, 2.05) is 0 Å². The molecule has 1 rings (SSSR count). The highest BCUT2D eigenvalue weighted by atomic mass is 16.5. The van der Waals surface area contributed by atoms with Crippen LogP contribution in [0.1, 0.15) is 6.42 Å². The minimum Gasteiger partial charge on any atom is -0.464 e. The zero-order valence-electron chi connectivity index (χ0n) is 9.92. The van der Waals surface area contributed by atoms with Gasteiger partial charge in [-0.25, -0.2) is 0 Å². The molecule has 94 valence electrons. The zero-order valence-corrected chi connectivity index (χ0v) is 9.92. The van der Waals surface area contributed by atoms with Crippen LogP contribution in [0.2, 0.25) is 0 Å². The second-order valence-electron chi connectivity index (χ2n) is 3.70. The maximum absolute atomic E-state index is 11.3. The van der Waals surface area contributed by atoms with E-state index in [0.717, 1.165) is 0 Å². The van der Waals surface area contributed by atoms with Crippen molar-refractivity contribution in [2.75, 3.05) is 26.4 Å². The standard InChI is InChI=1S/C10H16N4O3/c1-13(2)9(15)4-6-17-10(16)7-14-5-3-8(11)12-14/h3,5H,4,6-7H2,1-2H3,(H2,11,12). The maximum Gasteiger partial charge on any atom is 0.327 e. The topological polar surface area (TPSA) is 90.5 Å². The lowest BCUT2D eigenvalue weighted by atomic mass is 10.4. The summed E-state index contributed by atoms with van der Waals surface area (Å²) in [5.41, 5.74) is 5.39. The fourth-order valence-electron chi connectivity index (χ4n) is 1.12. The molecule has 0 bridgehead atoms. The predicted octanol–water partition coefficient (Wildman–Crippen LogP) is -0.513. The van der Waals surface area contributed by atoms with Gasteiger partial charge in [0.25, 0.3) is 0 Å². The van der Waals surface area contributed by atoms with Gasteiger partial charge in [0.15, 0.2) is 0 Å². The molecule has 7 nitrogen and oxygen atoms in total. The third kappa shape index (κ3) is 4.54. The number of hydrogen-bond donors (Lipinski definition) is 1.